The molecule has 0 amide bonds. The van der Waals surface area contributed by atoms with Crippen molar-refractivity contribution >= 4 is 11.9 Å². The van der Waals surface area contributed by atoms with Crippen LogP contribution in [0.15, 0.2) is 30.3 Å². The molecule has 2 fully saturated rings. The highest BCUT2D eigenvalue weighted by molar-refractivity contribution is 5.76. The topological polar surface area (TPSA) is 83.8 Å². The average molecular weight is 487 g/mol. The van der Waals surface area contributed by atoms with E-state index in [2.05, 4.69) is 20.8 Å². The molecule has 5 nitrogen and oxygen atoms in total. The molecule has 0 saturated heterocycles. The molecule has 2 aliphatic carbocycles. The van der Waals surface area contributed by atoms with Crippen molar-refractivity contribution < 1.29 is 24.5 Å². The molecule has 2 saturated carbocycles. The number of ether oxygens (including phenoxy) is 1. The zero-order chi connectivity index (χ0) is 25.5. The van der Waals surface area contributed by atoms with E-state index >= 15 is 0 Å². The maximum Gasteiger partial charge on any atom is 0.309 e. The Morgan fingerprint density at radius 1 is 0.857 bits per heavy atom. The number of aliphatic carboxylic acids is 2. The van der Waals surface area contributed by atoms with E-state index in [1.807, 2.05) is 30.3 Å². The highest BCUT2D eigenvalue weighted by Crippen LogP contribution is 2.54. The number of rotatable bonds is 12. The second-order valence-electron chi connectivity index (χ2n) is 12.0. The van der Waals surface area contributed by atoms with Crippen LogP contribution in [-0.4, -0.2) is 28.8 Å². The van der Waals surface area contributed by atoms with E-state index in [9.17, 15) is 19.8 Å². The van der Waals surface area contributed by atoms with Crippen molar-refractivity contribution in [1.82, 2.24) is 0 Å². The average Bonchev–Trinajstić information content (AvgIpc) is 2.85. The number of carboxylic acid groups (broad SMARTS) is 2. The van der Waals surface area contributed by atoms with Gasteiger partial charge in [0, 0.05) is 0 Å². The van der Waals surface area contributed by atoms with Crippen LogP contribution in [0, 0.1) is 28.1 Å². The molecular formula is C30H46O5. The lowest BCUT2D eigenvalue weighted by atomic mass is 9.57. The normalized spacial score (nSPS) is 30.9. The van der Waals surface area contributed by atoms with Crippen molar-refractivity contribution in [3.05, 3.63) is 35.9 Å². The van der Waals surface area contributed by atoms with Crippen LogP contribution in [0.5, 0.6) is 0 Å². The van der Waals surface area contributed by atoms with E-state index in [0.29, 0.717) is 63.6 Å². The van der Waals surface area contributed by atoms with Gasteiger partial charge in [0.25, 0.3) is 0 Å². The van der Waals surface area contributed by atoms with Gasteiger partial charge in [-0.15, -0.1) is 0 Å². The first-order chi connectivity index (χ1) is 16.7. The number of carboxylic acids is 2. The molecule has 0 unspecified atom stereocenters. The molecule has 0 bridgehead atoms. The van der Waals surface area contributed by atoms with Crippen LogP contribution < -0.4 is 0 Å². The molecule has 35 heavy (non-hydrogen) atoms. The predicted octanol–water partition coefficient (Wildman–Crippen LogP) is 7.33. The second kappa shape index (κ2) is 11.9. The fraction of sp³-hybridized carbons (Fsp3) is 0.733. The second-order valence-corrected chi connectivity index (χ2v) is 12.0. The molecule has 0 atom stereocenters. The summed E-state index contributed by atoms with van der Waals surface area (Å²) < 4.78 is 6.22. The number of benzene rings is 1. The predicted molar refractivity (Wildman–Crippen MR) is 138 cm³/mol. The summed E-state index contributed by atoms with van der Waals surface area (Å²) in [5, 5.41) is 20.8. The molecule has 0 radical (unpaired) electrons. The van der Waals surface area contributed by atoms with Crippen molar-refractivity contribution in [3.63, 3.8) is 0 Å². The van der Waals surface area contributed by atoms with Gasteiger partial charge in [-0.1, -0.05) is 63.9 Å². The van der Waals surface area contributed by atoms with Crippen LogP contribution in [-0.2, 0) is 20.9 Å². The number of carbonyl (C=O) groups is 2. The van der Waals surface area contributed by atoms with Crippen molar-refractivity contribution in [2.75, 3.05) is 6.61 Å². The van der Waals surface area contributed by atoms with Crippen LogP contribution in [0.1, 0.15) is 103 Å². The molecule has 2 aliphatic rings. The Morgan fingerprint density at radius 3 is 1.66 bits per heavy atom. The Bertz CT molecular complexity index is 772. The Kier molecular flexibility index (Phi) is 9.42. The van der Waals surface area contributed by atoms with Crippen molar-refractivity contribution in [1.29, 1.82) is 0 Å². The summed E-state index contributed by atoms with van der Waals surface area (Å²) in [6, 6.07) is 9.98. The summed E-state index contributed by atoms with van der Waals surface area (Å²) in [5.41, 5.74) is -1.04. The molecule has 0 spiro atoms. The van der Waals surface area contributed by atoms with Crippen molar-refractivity contribution in [2.24, 2.45) is 28.1 Å². The zero-order valence-corrected chi connectivity index (χ0v) is 22.1. The summed E-state index contributed by atoms with van der Waals surface area (Å²) in [7, 11) is 0. The standard InChI is InChI=1S/C30H46O5/c1-4-23-11-15-29(16-12-23,26(31)32)20-28(3,22-35-19-25-9-7-6-8-10-25)21-30(27(33)34)17-13-24(5-2)14-18-30/h6-10,23-24H,4-5,11-22H2,1-3H3,(H,31,32)(H,33,34). The van der Waals surface area contributed by atoms with Gasteiger partial charge in [-0.2, -0.15) is 0 Å². The molecule has 1 aromatic carbocycles. The lowest BCUT2D eigenvalue weighted by Crippen LogP contribution is -2.46. The summed E-state index contributed by atoms with van der Waals surface area (Å²) in [4.78, 5) is 25.3. The SMILES string of the molecule is CCC1CCC(CC(C)(COCc2ccccc2)CC2(C(=O)O)CCC(CC)CC2)(C(=O)O)CC1. The smallest absolute Gasteiger partial charge is 0.309 e. The van der Waals surface area contributed by atoms with Crippen LogP contribution in [0.2, 0.25) is 0 Å². The zero-order valence-electron chi connectivity index (χ0n) is 22.1. The maximum atomic E-state index is 12.7. The quantitative estimate of drug-likeness (QED) is 0.323. The third-order valence-electron chi connectivity index (χ3n) is 9.28. The highest BCUT2D eigenvalue weighted by atomic mass is 16.5. The minimum absolute atomic E-state index is 0.375. The van der Waals surface area contributed by atoms with Gasteiger partial charge in [0.1, 0.15) is 0 Å². The number of hydrogen-bond donors (Lipinski definition) is 2. The molecule has 0 heterocycles. The summed E-state index contributed by atoms with van der Waals surface area (Å²) >= 11 is 0. The van der Waals surface area contributed by atoms with Gasteiger partial charge in [0.15, 0.2) is 0 Å². The number of hydrogen-bond acceptors (Lipinski definition) is 3. The Hall–Kier alpha value is -1.88. The fourth-order valence-electron chi connectivity index (χ4n) is 7.00. The minimum atomic E-state index is -0.795. The van der Waals surface area contributed by atoms with Gasteiger partial charge in [-0.3, -0.25) is 9.59 Å². The lowest BCUT2D eigenvalue weighted by molar-refractivity contribution is -0.160. The van der Waals surface area contributed by atoms with E-state index < -0.39 is 28.2 Å². The van der Waals surface area contributed by atoms with Crippen LogP contribution >= 0.6 is 0 Å². The summed E-state index contributed by atoms with van der Waals surface area (Å²) in [6.45, 7) is 7.28. The van der Waals surface area contributed by atoms with Crippen LogP contribution in [0.25, 0.3) is 0 Å². The minimum Gasteiger partial charge on any atom is -0.481 e. The third kappa shape index (κ3) is 6.87. The van der Waals surface area contributed by atoms with E-state index in [1.165, 1.54) is 0 Å². The van der Waals surface area contributed by atoms with Gasteiger partial charge in [0.05, 0.1) is 24.0 Å². The van der Waals surface area contributed by atoms with Gasteiger partial charge in [-0.05, 0) is 87.0 Å². The van der Waals surface area contributed by atoms with E-state index in [0.717, 1.165) is 44.1 Å². The summed E-state index contributed by atoms with van der Waals surface area (Å²) in [6.07, 6.45) is 9.58. The van der Waals surface area contributed by atoms with Crippen LogP contribution in [0.4, 0.5) is 0 Å². The maximum absolute atomic E-state index is 12.7. The largest absolute Gasteiger partial charge is 0.481 e. The van der Waals surface area contributed by atoms with Crippen molar-refractivity contribution in [2.45, 2.75) is 104 Å². The van der Waals surface area contributed by atoms with Gasteiger partial charge < -0.3 is 14.9 Å². The summed E-state index contributed by atoms with van der Waals surface area (Å²) in [5.74, 6) is -0.253. The monoisotopic (exact) mass is 486 g/mol. The lowest BCUT2D eigenvalue weighted by Gasteiger charge is -2.47. The molecule has 0 aliphatic heterocycles. The first kappa shape index (κ1) is 27.7. The Balaban J connectivity index is 1.84. The van der Waals surface area contributed by atoms with Crippen LogP contribution in [0.3, 0.4) is 0 Å². The molecule has 196 valence electrons. The molecule has 0 aromatic heterocycles. The Labute approximate surface area is 211 Å². The fourth-order valence-corrected chi connectivity index (χ4v) is 7.00. The molecular weight excluding hydrogens is 440 g/mol. The Morgan fingerprint density at radius 2 is 1.29 bits per heavy atom. The van der Waals surface area contributed by atoms with E-state index in [-0.39, 0.29) is 0 Å². The van der Waals surface area contributed by atoms with Gasteiger partial charge >= 0.3 is 11.9 Å². The van der Waals surface area contributed by atoms with Gasteiger partial charge in [0.2, 0.25) is 0 Å². The molecule has 1 aromatic rings. The van der Waals surface area contributed by atoms with Crippen molar-refractivity contribution in [3.8, 4) is 0 Å². The molecule has 5 heteroatoms. The van der Waals surface area contributed by atoms with E-state index in [1.54, 1.807) is 0 Å². The molecule has 3 rings (SSSR count). The molecule has 2 N–H and O–H groups in total. The first-order valence-corrected chi connectivity index (χ1v) is 13.7. The van der Waals surface area contributed by atoms with Gasteiger partial charge in [-0.25, -0.2) is 0 Å². The van der Waals surface area contributed by atoms with E-state index in [4.69, 9.17) is 4.74 Å². The first-order valence-electron chi connectivity index (χ1n) is 13.7. The third-order valence-corrected chi connectivity index (χ3v) is 9.28. The highest BCUT2D eigenvalue weighted by Gasteiger charge is 2.51.